The normalized spacial score (nSPS) is 10.8. The van der Waals surface area contributed by atoms with Gasteiger partial charge in [-0.15, -0.1) is 0 Å². The molecule has 1 aromatic heterocycles. The number of fused-ring (bicyclic) bond motifs is 2. The number of pyridine rings is 1. The summed E-state index contributed by atoms with van der Waals surface area (Å²) in [7, 11) is 0. The Kier molecular flexibility index (Phi) is 3.35. The molecule has 0 aliphatic carbocycles. The molecule has 2 N–H and O–H groups in total. The van der Waals surface area contributed by atoms with Crippen LogP contribution in [0.25, 0.3) is 21.7 Å². The Morgan fingerprint density at radius 3 is 2.46 bits per heavy atom. The van der Waals surface area contributed by atoms with Crippen LogP contribution in [0.1, 0.15) is 10.4 Å². The minimum atomic E-state index is -0.353. The largest absolute Gasteiger partial charge is 0.507 e. The van der Waals surface area contributed by atoms with E-state index >= 15 is 0 Å². The average molecular weight is 314 g/mol. The van der Waals surface area contributed by atoms with E-state index in [0.717, 1.165) is 21.7 Å². The van der Waals surface area contributed by atoms with Crippen molar-refractivity contribution >= 4 is 33.3 Å². The molecule has 1 amide bonds. The zero-order valence-corrected chi connectivity index (χ0v) is 12.7. The topological polar surface area (TPSA) is 62.2 Å². The number of benzene rings is 3. The van der Waals surface area contributed by atoms with Gasteiger partial charge in [-0.05, 0) is 41.1 Å². The van der Waals surface area contributed by atoms with Crippen molar-refractivity contribution in [2.75, 3.05) is 5.32 Å². The van der Waals surface area contributed by atoms with Gasteiger partial charge in [0.25, 0.3) is 5.91 Å². The summed E-state index contributed by atoms with van der Waals surface area (Å²) in [5.74, 6) is -0.390. The van der Waals surface area contributed by atoms with Gasteiger partial charge >= 0.3 is 0 Å². The van der Waals surface area contributed by atoms with Crippen LogP contribution in [0, 0.1) is 0 Å². The Hall–Kier alpha value is -3.40. The Bertz CT molecular complexity index is 1070. The number of amides is 1. The van der Waals surface area contributed by atoms with E-state index < -0.39 is 0 Å². The van der Waals surface area contributed by atoms with E-state index in [1.54, 1.807) is 18.3 Å². The zero-order valence-electron chi connectivity index (χ0n) is 12.7. The van der Waals surface area contributed by atoms with Gasteiger partial charge in [-0.1, -0.05) is 36.4 Å². The van der Waals surface area contributed by atoms with Crippen LogP contribution >= 0.6 is 0 Å². The number of carbonyl (C=O) groups is 1. The zero-order chi connectivity index (χ0) is 16.5. The maximum absolute atomic E-state index is 12.5. The highest BCUT2D eigenvalue weighted by atomic mass is 16.3. The molecular weight excluding hydrogens is 300 g/mol. The predicted octanol–water partition coefficient (Wildman–Crippen LogP) is 4.35. The fourth-order valence-corrected chi connectivity index (χ4v) is 2.75. The summed E-state index contributed by atoms with van der Waals surface area (Å²) in [6.45, 7) is 0. The van der Waals surface area contributed by atoms with Crippen LogP contribution in [0.3, 0.4) is 0 Å². The lowest BCUT2D eigenvalue weighted by atomic mass is 10.1. The number of hydrogen-bond acceptors (Lipinski definition) is 3. The molecule has 24 heavy (non-hydrogen) atoms. The highest BCUT2D eigenvalue weighted by Gasteiger charge is 2.13. The summed E-state index contributed by atoms with van der Waals surface area (Å²) in [6, 6.07) is 20.3. The van der Waals surface area contributed by atoms with Crippen LogP contribution in [-0.2, 0) is 0 Å². The number of nitrogens with one attached hydrogen (secondary N) is 1. The molecule has 116 valence electrons. The van der Waals surface area contributed by atoms with Crippen molar-refractivity contribution in [3.05, 3.63) is 78.5 Å². The fourth-order valence-electron chi connectivity index (χ4n) is 2.75. The number of aromatic hydroxyl groups is 1. The molecule has 1 heterocycles. The molecule has 0 unspecified atom stereocenters. The molecule has 4 rings (SSSR count). The number of phenolic OH excluding ortho intramolecular Hbond substituents is 1. The third kappa shape index (κ3) is 2.54. The molecule has 0 radical (unpaired) electrons. The van der Waals surface area contributed by atoms with Crippen LogP contribution in [0.4, 0.5) is 5.69 Å². The molecule has 0 aliphatic heterocycles. The SMILES string of the molecule is O=C(Nc1ccc2cccnc2c1)c1cc2ccccc2cc1O. The van der Waals surface area contributed by atoms with Crippen molar-refractivity contribution in [2.24, 2.45) is 0 Å². The quantitative estimate of drug-likeness (QED) is 0.578. The second kappa shape index (κ2) is 5.66. The van der Waals surface area contributed by atoms with E-state index in [0.29, 0.717) is 5.69 Å². The number of phenols is 1. The van der Waals surface area contributed by atoms with E-state index in [1.165, 1.54) is 0 Å². The summed E-state index contributed by atoms with van der Waals surface area (Å²) in [5, 5.41) is 15.8. The van der Waals surface area contributed by atoms with E-state index in [4.69, 9.17) is 0 Å². The molecule has 0 bridgehead atoms. The first-order valence-corrected chi connectivity index (χ1v) is 7.58. The third-order valence-electron chi connectivity index (χ3n) is 3.97. The second-order valence-corrected chi connectivity index (χ2v) is 5.58. The number of carbonyl (C=O) groups excluding carboxylic acids is 1. The standard InChI is InChI=1S/C20H14N2O2/c23-19-11-15-5-2-1-4-14(15)10-17(19)20(24)22-16-8-7-13-6-3-9-21-18(13)12-16/h1-12,23H,(H,22,24). The maximum atomic E-state index is 12.5. The van der Waals surface area contributed by atoms with Gasteiger partial charge in [0.05, 0.1) is 11.1 Å². The van der Waals surface area contributed by atoms with Crippen LogP contribution in [0.15, 0.2) is 72.9 Å². The lowest BCUT2D eigenvalue weighted by molar-refractivity contribution is 0.102. The Labute approximate surface area is 138 Å². The number of rotatable bonds is 2. The van der Waals surface area contributed by atoms with Crippen LogP contribution in [0.5, 0.6) is 5.75 Å². The molecule has 4 nitrogen and oxygen atoms in total. The molecule has 4 aromatic rings. The van der Waals surface area contributed by atoms with Gasteiger partial charge in [-0.2, -0.15) is 0 Å². The third-order valence-corrected chi connectivity index (χ3v) is 3.97. The number of anilines is 1. The summed E-state index contributed by atoms with van der Waals surface area (Å²) in [5.41, 5.74) is 1.69. The molecule has 4 heteroatoms. The minimum absolute atomic E-state index is 0.0369. The first-order valence-electron chi connectivity index (χ1n) is 7.58. The first kappa shape index (κ1) is 14.2. The van der Waals surface area contributed by atoms with E-state index in [-0.39, 0.29) is 17.2 Å². The van der Waals surface area contributed by atoms with Gasteiger partial charge in [0.15, 0.2) is 0 Å². The minimum Gasteiger partial charge on any atom is -0.507 e. The number of nitrogens with zero attached hydrogens (tertiary/aromatic N) is 1. The van der Waals surface area contributed by atoms with Crippen LogP contribution < -0.4 is 5.32 Å². The number of hydrogen-bond donors (Lipinski definition) is 2. The predicted molar refractivity (Wildman–Crippen MR) is 95.3 cm³/mol. The molecular formula is C20H14N2O2. The van der Waals surface area contributed by atoms with Gasteiger partial charge in [0.2, 0.25) is 0 Å². The monoisotopic (exact) mass is 314 g/mol. The van der Waals surface area contributed by atoms with Gasteiger partial charge in [-0.25, -0.2) is 0 Å². The Balaban J connectivity index is 1.69. The Morgan fingerprint density at radius 1 is 0.875 bits per heavy atom. The highest BCUT2D eigenvalue weighted by molar-refractivity contribution is 6.09. The molecule has 0 aliphatic rings. The van der Waals surface area contributed by atoms with Crippen molar-refractivity contribution in [2.45, 2.75) is 0 Å². The molecule has 3 aromatic carbocycles. The lowest BCUT2D eigenvalue weighted by Crippen LogP contribution is -2.12. The lowest BCUT2D eigenvalue weighted by Gasteiger charge is -2.09. The van der Waals surface area contributed by atoms with Crippen molar-refractivity contribution < 1.29 is 9.90 Å². The van der Waals surface area contributed by atoms with Crippen molar-refractivity contribution in [1.82, 2.24) is 4.98 Å². The maximum Gasteiger partial charge on any atom is 0.259 e. The van der Waals surface area contributed by atoms with E-state index in [1.807, 2.05) is 54.6 Å². The van der Waals surface area contributed by atoms with Gasteiger partial charge < -0.3 is 10.4 Å². The van der Waals surface area contributed by atoms with Crippen molar-refractivity contribution in [3.63, 3.8) is 0 Å². The molecule has 0 saturated carbocycles. The van der Waals surface area contributed by atoms with Gasteiger partial charge in [0.1, 0.15) is 5.75 Å². The highest BCUT2D eigenvalue weighted by Crippen LogP contribution is 2.26. The summed E-state index contributed by atoms with van der Waals surface area (Å²) in [4.78, 5) is 16.8. The summed E-state index contributed by atoms with van der Waals surface area (Å²) >= 11 is 0. The number of aromatic nitrogens is 1. The fraction of sp³-hybridized carbons (Fsp3) is 0. The molecule has 0 spiro atoms. The van der Waals surface area contributed by atoms with Crippen LogP contribution in [-0.4, -0.2) is 16.0 Å². The van der Waals surface area contributed by atoms with E-state index in [2.05, 4.69) is 10.3 Å². The summed E-state index contributed by atoms with van der Waals surface area (Å²) < 4.78 is 0. The van der Waals surface area contributed by atoms with Crippen molar-refractivity contribution in [1.29, 1.82) is 0 Å². The van der Waals surface area contributed by atoms with Gasteiger partial charge in [0, 0.05) is 17.3 Å². The average Bonchev–Trinajstić information content (AvgIpc) is 2.61. The molecule has 0 saturated heterocycles. The van der Waals surface area contributed by atoms with Crippen LogP contribution in [0.2, 0.25) is 0 Å². The molecule has 0 atom stereocenters. The van der Waals surface area contributed by atoms with Crippen molar-refractivity contribution in [3.8, 4) is 5.75 Å². The smallest absolute Gasteiger partial charge is 0.259 e. The second-order valence-electron chi connectivity index (χ2n) is 5.58. The van der Waals surface area contributed by atoms with Gasteiger partial charge in [-0.3, -0.25) is 9.78 Å². The first-order chi connectivity index (χ1) is 11.7. The molecule has 0 fully saturated rings. The Morgan fingerprint density at radius 2 is 1.62 bits per heavy atom. The summed E-state index contributed by atoms with van der Waals surface area (Å²) in [6.07, 6.45) is 1.71. The van der Waals surface area contributed by atoms with E-state index in [9.17, 15) is 9.90 Å².